The van der Waals surface area contributed by atoms with Gasteiger partial charge in [0, 0.05) is 23.1 Å². The molecule has 3 rings (SSSR count). The fourth-order valence-corrected chi connectivity index (χ4v) is 5.25. The molecule has 0 spiro atoms. The van der Waals surface area contributed by atoms with Crippen LogP contribution in [0.4, 0.5) is 0 Å². The molecule has 0 atom stereocenters. The van der Waals surface area contributed by atoms with Crippen molar-refractivity contribution in [3.8, 4) is 23.7 Å². The third kappa shape index (κ3) is 10.4. The fraction of sp³-hybridized carbons (Fsp3) is 0.543. The molecule has 1 saturated carbocycles. The molecular weight excluding hydrogens is 420 g/mol. The first-order chi connectivity index (χ1) is 17.3. The summed E-state index contributed by atoms with van der Waals surface area (Å²) >= 11 is 0. The Hall–Kier alpha value is -2.44. The van der Waals surface area contributed by atoms with Crippen LogP contribution in [0.15, 0.2) is 48.5 Å². The van der Waals surface area contributed by atoms with E-state index in [4.69, 9.17) is 0 Å². The van der Waals surface area contributed by atoms with Gasteiger partial charge in [0.1, 0.15) is 0 Å². The van der Waals surface area contributed by atoms with Gasteiger partial charge in [0.05, 0.1) is 0 Å². The number of hydrogen-bond donors (Lipinski definition) is 0. The monoisotopic (exact) mass is 466 g/mol. The Morgan fingerprint density at radius 1 is 0.571 bits per heavy atom. The standard InChI is InChI=1S/C35H46/c1-3-5-7-8-9-10-11-13-15-30-16-18-32(19-17-30)20-21-33-24-28-35(29-25-33)34-26-22-31(23-27-34)14-12-6-4-2/h16-19,24-25,28-29,31,34H,3-12,14,22-23,26-27H2,1-2H3. The molecule has 1 fully saturated rings. The van der Waals surface area contributed by atoms with Crippen molar-refractivity contribution in [2.45, 2.75) is 116 Å². The van der Waals surface area contributed by atoms with Crippen LogP contribution in [0.5, 0.6) is 0 Å². The Morgan fingerprint density at radius 3 is 1.71 bits per heavy atom. The van der Waals surface area contributed by atoms with Gasteiger partial charge >= 0.3 is 0 Å². The maximum Gasteiger partial charge on any atom is 0.0249 e. The predicted molar refractivity (Wildman–Crippen MR) is 153 cm³/mol. The lowest BCUT2D eigenvalue weighted by Crippen LogP contribution is -2.13. The molecule has 1 aliphatic carbocycles. The second kappa shape index (κ2) is 16.3. The van der Waals surface area contributed by atoms with Crippen molar-refractivity contribution in [1.82, 2.24) is 0 Å². The van der Waals surface area contributed by atoms with Gasteiger partial charge in [-0.05, 0) is 85.9 Å². The summed E-state index contributed by atoms with van der Waals surface area (Å²) in [4.78, 5) is 0. The summed E-state index contributed by atoms with van der Waals surface area (Å²) in [7, 11) is 0. The first kappa shape index (κ1) is 27.2. The zero-order chi connectivity index (χ0) is 24.6. The molecule has 1 aliphatic rings. The van der Waals surface area contributed by atoms with Crippen LogP contribution in [-0.2, 0) is 0 Å². The predicted octanol–water partition coefficient (Wildman–Crippen LogP) is 10.0. The molecule has 0 nitrogen and oxygen atoms in total. The molecule has 0 unspecified atom stereocenters. The summed E-state index contributed by atoms with van der Waals surface area (Å²) in [5, 5.41) is 0. The van der Waals surface area contributed by atoms with E-state index in [0.29, 0.717) is 0 Å². The van der Waals surface area contributed by atoms with Gasteiger partial charge in [0.15, 0.2) is 0 Å². The minimum absolute atomic E-state index is 0.745. The van der Waals surface area contributed by atoms with Gasteiger partial charge in [-0.25, -0.2) is 0 Å². The lowest BCUT2D eigenvalue weighted by atomic mass is 9.77. The van der Waals surface area contributed by atoms with Gasteiger partial charge in [-0.1, -0.05) is 107 Å². The van der Waals surface area contributed by atoms with Gasteiger partial charge < -0.3 is 0 Å². The molecule has 0 amide bonds. The van der Waals surface area contributed by atoms with Crippen LogP contribution in [0.25, 0.3) is 0 Å². The highest BCUT2D eigenvalue weighted by molar-refractivity contribution is 5.46. The molecule has 186 valence electrons. The summed E-state index contributed by atoms with van der Waals surface area (Å²) in [5.74, 6) is 15.0. The van der Waals surface area contributed by atoms with E-state index in [-0.39, 0.29) is 0 Å². The summed E-state index contributed by atoms with van der Waals surface area (Å²) in [5.41, 5.74) is 4.75. The normalized spacial score (nSPS) is 17.2. The summed E-state index contributed by atoms with van der Waals surface area (Å²) in [6.07, 6.45) is 20.1. The second-order valence-electron chi connectivity index (χ2n) is 10.5. The van der Waals surface area contributed by atoms with Crippen molar-refractivity contribution in [2.24, 2.45) is 5.92 Å². The van der Waals surface area contributed by atoms with Crippen LogP contribution in [0.3, 0.4) is 0 Å². The number of rotatable bonds is 11. The quantitative estimate of drug-likeness (QED) is 0.228. The zero-order valence-corrected chi connectivity index (χ0v) is 22.4. The molecule has 0 radical (unpaired) electrons. The van der Waals surface area contributed by atoms with Crippen LogP contribution >= 0.6 is 0 Å². The van der Waals surface area contributed by atoms with E-state index in [1.165, 1.54) is 95.5 Å². The molecule has 0 aliphatic heterocycles. The van der Waals surface area contributed by atoms with Crippen LogP contribution in [-0.4, -0.2) is 0 Å². The third-order valence-corrected chi connectivity index (χ3v) is 7.57. The van der Waals surface area contributed by atoms with Gasteiger partial charge in [-0.15, -0.1) is 0 Å². The highest BCUT2D eigenvalue weighted by Crippen LogP contribution is 2.37. The molecule has 2 aromatic rings. The molecule has 0 N–H and O–H groups in total. The lowest BCUT2D eigenvalue weighted by molar-refractivity contribution is 0.303. The van der Waals surface area contributed by atoms with Crippen molar-refractivity contribution in [2.75, 3.05) is 0 Å². The van der Waals surface area contributed by atoms with E-state index < -0.39 is 0 Å². The number of unbranched alkanes of at least 4 members (excludes halogenated alkanes) is 8. The summed E-state index contributed by atoms with van der Waals surface area (Å²) in [6.45, 7) is 4.56. The molecule has 0 saturated heterocycles. The number of benzene rings is 2. The van der Waals surface area contributed by atoms with Gasteiger partial charge in [-0.3, -0.25) is 0 Å². The number of hydrogen-bond acceptors (Lipinski definition) is 0. The van der Waals surface area contributed by atoms with Crippen LogP contribution in [0, 0.1) is 29.6 Å². The molecule has 0 heterocycles. The first-order valence-electron chi connectivity index (χ1n) is 14.5. The Morgan fingerprint density at radius 2 is 1.09 bits per heavy atom. The van der Waals surface area contributed by atoms with Crippen molar-refractivity contribution < 1.29 is 0 Å². The van der Waals surface area contributed by atoms with Crippen molar-refractivity contribution in [3.05, 3.63) is 70.8 Å². The minimum Gasteiger partial charge on any atom is -0.0979 e. The third-order valence-electron chi connectivity index (χ3n) is 7.57. The Kier molecular flexibility index (Phi) is 12.6. The summed E-state index contributed by atoms with van der Waals surface area (Å²) in [6, 6.07) is 17.4. The maximum atomic E-state index is 3.34. The van der Waals surface area contributed by atoms with Crippen LogP contribution in [0.1, 0.15) is 138 Å². The molecule has 0 aromatic heterocycles. The zero-order valence-electron chi connectivity index (χ0n) is 22.4. The van der Waals surface area contributed by atoms with Crippen molar-refractivity contribution >= 4 is 0 Å². The average molecular weight is 467 g/mol. The lowest BCUT2D eigenvalue weighted by Gasteiger charge is -2.29. The topological polar surface area (TPSA) is 0 Å². The largest absolute Gasteiger partial charge is 0.0979 e. The van der Waals surface area contributed by atoms with Gasteiger partial charge in [-0.2, -0.15) is 0 Å². The molecule has 0 heteroatoms. The van der Waals surface area contributed by atoms with E-state index in [1.807, 2.05) is 0 Å². The second-order valence-corrected chi connectivity index (χ2v) is 10.5. The molecule has 0 bridgehead atoms. The van der Waals surface area contributed by atoms with Gasteiger partial charge in [0.2, 0.25) is 0 Å². The smallest absolute Gasteiger partial charge is 0.0249 e. The average Bonchev–Trinajstić information content (AvgIpc) is 2.90. The van der Waals surface area contributed by atoms with Crippen LogP contribution < -0.4 is 0 Å². The molecule has 2 aromatic carbocycles. The summed E-state index contributed by atoms with van der Waals surface area (Å²) < 4.78 is 0. The fourth-order valence-electron chi connectivity index (χ4n) is 5.25. The van der Waals surface area contributed by atoms with Gasteiger partial charge in [0.25, 0.3) is 0 Å². The van der Waals surface area contributed by atoms with E-state index in [2.05, 4.69) is 86.1 Å². The van der Waals surface area contributed by atoms with Crippen molar-refractivity contribution in [3.63, 3.8) is 0 Å². The van der Waals surface area contributed by atoms with E-state index in [9.17, 15) is 0 Å². The van der Waals surface area contributed by atoms with E-state index >= 15 is 0 Å². The van der Waals surface area contributed by atoms with Crippen molar-refractivity contribution in [1.29, 1.82) is 0 Å². The molecule has 35 heavy (non-hydrogen) atoms. The van der Waals surface area contributed by atoms with E-state index in [0.717, 1.165) is 34.9 Å². The maximum absolute atomic E-state index is 3.34. The Balaban J connectivity index is 1.41. The minimum atomic E-state index is 0.745. The van der Waals surface area contributed by atoms with Crippen LogP contribution in [0.2, 0.25) is 0 Å². The molecular formula is C35H46. The Bertz CT molecular complexity index is 947. The van der Waals surface area contributed by atoms with E-state index in [1.54, 1.807) is 0 Å². The SMILES string of the molecule is CCCCCCCCC#Cc1ccc(C#Cc2ccc(C3CCC(CCCCC)CC3)cc2)cc1. The first-order valence-corrected chi connectivity index (χ1v) is 14.5. The highest BCUT2D eigenvalue weighted by atomic mass is 14.3. The highest BCUT2D eigenvalue weighted by Gasteiger charge is 2.21. The Labute approximate surface area is 216 Å².